The Morgan fingerprint density at radius 1 is 0.939 bits per heavy atom. The largest absolute Gasteiger partial charge is 0.497 e. The first-order valence-corrected chi connectivity index (χ1v) is 10.7. The van der Waals surface area contributed by atoms with Crippen LogP contribution in [0, 0.1) is 0 Å². The minimum Gasteiger partial charge on any atom is -0.497 e. The Labute approximate surface area is 191 Å². The van der Waals surface area contributed by atoms with Gasteiger partial charge in [-0.25, -0.2) is 0 Å². The monoisotopic (exact) mass is 454 g/mol. The smallest absolute Gasteiger partial charge is 0.416 e. The Kier molecular flexibility index (Phi) is 6.70. The van der Waals surface area contributed by atoms with E-state index in [0.717, 1.165) is 29.0 Å². The molecule has 7 heteroatoms. The van der Waals surface area contributed by atoms with E-state index in [0.29, 0.717) is 25.1 Å². The molecule has 1 heterocycles. The molecular formula is C26H25F3N2O2. The quantitative estimate of drug-likeness (QED) is 0.486. The summed E-state index contributed by atoms with van der Waals surface area (Å²) in [6.07, 6.45) is -4.43. The lowest BCUT2D eigenvalue weighted by atomic mass is 10.1. The first-order valence-electron chi connectivity index (χ1n) is 10.7. The third-order valence-corrected chi connectivity index (χ3v) is 5.84. The van der Waals surface area contributed by atoms with Crippen LogP contribution in [0.15, 0.2) is 78.9 Å². The zero-order chi connectivity index (χ0) is 23.4. The first-order chi connectivity index (χ1) is 15.8. The summed E-state index contributed by atoms with van der Waals surface area (Å²) >= 11 is 0. The van der Waals surface area contributed by atoms with E-state index in [1.165, 1.54) is 6.07 Å². The number of benzene rings is 3. The summed E-state index contributed by atoms with van der Waals surface area (Å²) in [5, 5.41) is 0. The Hall–Kier alpha value is -3.32. The van der Waals surface area contributed by atoms with Gasteiger partial charge in [-0.2, -0.15) is 13.2 Å². The Morgan fingerprint density at radius 3 is 2.33 bits per heavy atom. The van der Waals surface area contributed by atoms with Gasteiger partial charge < -0.3 is 9.64 Å². The van der Waals surface area contributed by atoms with Gasteiger partial charge in [-0.05, 0) is 47.4 Å². The van der Waals surface area contributed by atoms with Crippen LogP contribution in [-0.4, -0.2) is 35.9 Å². The molecule has 1 saturated heterocycles. The lowest BCUT2D eigenvalue weighted by molar-refractivity contribution is -0.137. The maximum absolute atomic E-state index is 13.4. The zero-order valence-corrected chi connectivity index (χ0v) is 18.3. The van der Waals surface area contributed by atoms with Crippen molar-refractivity contribution in [3.8, 4) is 5.75 Å². The van der Waals surface area contributed by atoms with Crippen LogP contribution >= 0.6 is 0 Å². The molecule has 33 heavy (non-hydrogen) atoms. The van der Waals surface area contributed by atoms with Crippen molar-refractivity contribution < 1.29 is 22.7 Å². The second kappa shape index (κ2) is 9.67. The van der Waals surface area contributed by atoms with Gasteiger partial charge in [0.15, 0.2) is 0 Å². The van der Waals surface area contributed by atoms with Crippen LogP contribution in [0.2, 0.25) is 0 Å². The predicted molar refractivity (Wildman–Crippen MR) is 119 cm³/mol. The van der Waals surface area contributed by atoms with Crippen molar-refractivity contribution in [3.05, 3.63) is 101 Å². The number of amides is 1. The van der Waals surface area contributed by atoms with E-state index < -0.39 is 17.9 Å². The Morgan fingerprint density at radius 2 is 1.67 bits per heavy atom. The summed E-state index contributed by atoms with van der Waals surface area (Å²) in [6.45, 7) is 1.02. The minimum atomic E-state index is -4.45. The first kappa shape index (κ1) is 22.9. The maximum atomic E-state index is 13.4. The van der Waals surface area contributed by atoms with Crippen molar-refractivity contribution in [3.63, 3.8) is 0 Å². The summed E-state index contributed by atoms with van der Waals surface area (Å²) in [7, 11) is 1.60. The van der Waals surface area contributed by atoms with Crippen molar-refractivity contribution >= 4 is 5.91 Å². The topological polar surface area (TPSA) is 32.8 Å². The molecule has 4 rings (SSSR count). The highest BCUT2D eigenvalue weighted by Gasteiger charge is 2.39. The summed E-state index contributed by atoms with van der Waals surface area (Å²) in [6, 6.07) is 22.5. The van der Waals surface area contributed by atoms with Gasteiger partial charge in [0.05, 0.1) is 19.2 Å². The van der Waals surface area contributed by atoms with E-state index in [1.807, 2.05) is 59.5 Å². The van der Waals surface area contributed by atoms with Gasteiger partial charge in [0.2, 0.25) is 5.91 Å². The van der Waals surface area contributed by atoms with Crippen molar-refractivity contribution in [1.29, 1.82) is 0 Å². The van der Waals surface area contributed by atoms with Crippen molar-refractivity contribution in [2.75, 3.05) is 20.2 Å². The zero-order valence-electron chi connectivity index (χ0n) is 18.3. The molecular weight excluding hydrogens is 429 g/mol. The summed E-state index contributed by atoms with van der Waals surface area (Å²) in [5.74, 6) is 0.647. The molecule has 0 saturated carbocycles. The van der Waals surface area contributed by atoms with Gasteiger partial charge in [-0.15, -0.1) is 0 Å². The molecule has 1 atom stereocenters. The van der Waals surface area contributed by atoms with E-state index in [4.69, 9.17) is 4.74 Å². The normalized spacial score (nSPS) is 16.9. The lowest BCUT2D eigenvalue weighted by Crippen LogP contribution is -2.33. The number of alkyl halides is 3. The van der Waals surface area contributed by atoms with Gasteiger partial charge >= 0.3 is 6.18 Å². The predicted octanol–water partition coefficient (Wildman–Crippen LogP) is 5.30. The molecule has 1 fully saturated rings. The minimum absolute atomic E-state index is 0.0955. The fourth-order valence-electron chi connectivity index (χ4n) is 4.20. The highest BCUT2D eigenvalue weighted by molar-refractivity contribution is 5.81. The number of hydrogen-bond donors (Lipinski definition) is 0. The molecule has 4 nitrogen and oxygen atoms in total. The maximum Gasteiger partial charge on any atom is 0.416 e. The highest BCUT2D eigenvalue weighted by atomic mass is 19.4. The third kappa shape index (κ3) is 5.37. The number of hydrogen-bond acceptors (Lipinski definition) is 3. The van der Waals surface area contributed by atoms with Crippen LogP contribution in [-0.2, 0) is 23.9 Å². The number of carbonyl (C=O) groups is 1. The van der Waals surface area contributed by atoms with Crippen molar-refractivity contribution in [1.82, 2.24) is 9.80 Å². The molecule has 172 valence electrons. The van der Waals surface area contributed by atoms with Crippen LogP contribution < -0.4 is 4.74 Å². The molecule has 0 spiro atoms. The number of rotatable bonds is 7. The van der Waals surface area contributed by atoms with Gasteiger partial charge in [0, 0.05) is 13.1 Å². The van der Waals surface area contributed by atoms with E-state index in [1.54, 1.807) is 18.1 Å². The Balaban J connectivity index is 1.62. The van der Waals surface area contributed by atoms with E-state index >= 15 is 0 Å². The summed E-state index contributed by atoms with van der Waals surface area (Å²) in [5.41, 5.74) is 1.77. The molecule has 3 aromatic rings. The van der Waals surface area contributed by atoms with Crippen LogP contribution in [0.1, 0.15) is 28.4 Å². The fraction of sp³-hybridized carbons (Fsp3) is 0.269. The molecule has 1 aliphatic heterocycles. The SMILES string of the molecule is COc1ccc(CCN2C(=O)CN(Cc3ccccc3)C2c2cccc(C(F)(F)F)c2)cc1. The molecule has 0 N–H and O–H groups in total. The number of halogens is 3. The molecule has 0 bridgehead atoms. The van der Waals surface area contributed by atoms with Gasteiger partial charge in [-0.1, -0.05) is 54.6 Å². The average Bonchev–Trinajstić information content (AvgIpc) is 3.12. The number of nitrogens with zero attached hydrogens (tertiary/aromatic N) is 2. The lowest BCUT2D eigenvalue weighted by Gasteiger charge is -2.31. The number of ether oxygens (including phenoxy) is 1. The van der Waals surface area contributed by atoms with Crippen molar-refractivity contribution in [2.45, 2.75) is 25.3 Å². The second-order valence-electron chi connectivity index (χ2n) is 8.07. The molecule has 3 aromatic carbocycles. The van der Waals surface area contributed by atoms with Crippen LogP contribution in [0.3, 0.4) is 0 Å². The van der Waals surface area contributed by atoms with Gasteiger partial charge in [-0.3, -0.25) is 9.69 Å². The van der Waals surface area contributed by atoms with E-state index in [9.17, 15) is 18.0 Å². The average molecular weight is 454 g/mol. The van der Waals surface area contributed by atoms with Crippen molar-refractivity contribution in [2.24, 2.45) is 0 Å². The fourth-order valence-corrected chi connectivity index (χ4v) is 4.20. The van der Waals surface area contributed by atoms with Crippen LogP contribution in [0.25, 0.3) is 0 Å². The van der Waals surface area contributed by atoms with Crippen LogP contribution in [0.5, 0.6) is 5.75 Å². The number of methoxy groups -OCH3 is 1. The van der Waals surface area contributed by atoms with Gasteiger partial charge in [0.25, 0.3) is 0 Å². The standard InChI is InChI=1S/C26H25F3N2O2/c1-33-23-12-10-19(11-13-23)14-15-31-24(32)18-30(17-20-6-3-2-4-7-20)25(31)21-8-5-9-22(16-21)26(27,28)29/h2-13,16,25H,14-15,17-18H2,1H3. The Bertz CT molecular complexity index is 1080. The molecule has 1 amide bonds. The molecule has 0 radical (unpaired) electrons. The molecule has 0 aromatic heterocycles. The highest BCUT2D eigenvalue weighted by Crippen LogP contribution is 2.36. The second-order valence-corrected chi connectivity index (χ2v) is 8.07. The van der Waals surface area contributed by atoms with E-state index in [2.05, 4.69) is 0 Å². The summed E-state index contributed by atoms with van der Waals surface area (Å²) < 4.78 is 45.4. The van der Waals surface area contributed by atoms with E-state index in [-0.39, 0.29) is 12.5 Å². The third-order valence-electron chi connectivity index (χ3n) is 5.84. The summed E-state index contributed by atoms with van der Waals surface area (Å²) in [4.78, 5) is 16.6. The molecule has 0 aliphatic carbocycles. The molecule has 1 aliphatic rings. The number of carbonyl (C=O) groups excluding carboxylic acids is 1. The van der Waals surface area contributed by atoms with Crippen LogP contribution in [0.4, 0.5) is 13.2 Å². The molecule has 1 unspecified atom stereocenters. The van der Waals surface area contributed by atoms with Gasteiger partial charge in [0.1, 0.15) is 11.9 Å².